The molecular formula is C21H28O4. The van der Waals surface area contributed by atoms with Gasteiger partial charge in [-0.25, -0.2) is 0 Å². The van der Waals surface area contributed by atoms with Gasteiger partial charge < -0.3 is 14.2 Å². The number of fused-ring (bicyclic) bond motifs is 1. The van der Waals surface area contributed by atoms with Crippen molar-refractivity contribution in [1.82, 2.24) is 0 Å². The monoisotopic (exact) mass is 344 g/mol. The molecule has 0 spiro atoms. The van der Waals surface area contributed by atoms with E-state index in [1.54, 1.807) is 0 Å². The highest BCUT2D eigenvalue weighted by Crippen LogP contribution is 2.35. The molecule has 1 aliphatic heterocycles. The van der Waals surface area contributed by atoms with Crippen LogP contribution in [0.4, 0.5) is 0 Å². The average Bonchev–Trinajstić information content (AvgIpc) is 2.61. The Bertz CT molecular complexity index is 622. The zero-order chi connectivity index (χ0) is 17.6. The van der Waals surface area contributed by atoms with Crippen LogP contribution in [0, 0.1) is 12.8 Å². The van der Waals surface area contributed by atoms with Crippen LogP contribution in [0.1, 0.15) is 51.0 Å². The topological polar surface area (TPSA) is 44.8 Å². The lowest BCUT2D eigenvalue weighted by Gasteiger charge is -2.37. The third-order valence-electron chi connectivity index (χ3n) is 4.99. The van der Waals surface area contributed by atoms with Gasteiger partial charge in [0.15, 0.2) is 0 Å². The van der Waals surface area contributed by atoms with Gasteiger partial charge in [0.1, 0.15) is 18.1 Å². The van der Waals surface area contributed by atoms with E-state index in [4.69, 9.17) is 14.2 Å². The average molecular weight is 344 g/mol. The van der Waals surface area contributed by atoms with Crippen molar-refractivity contribution < 1.29 is 19.0 Å². The van der Waals surface area contributed by atoms with E-state index >= 15 is 0 Å². The van der Waals surface area contributed by atoms with Crippen LogP contribution < -0.4 is 4.74 Å². The summed E-state index contributed by atoms with van der Waals surface area (Å²) in [5.74, 6) is 0.936. The Kier molecular flexibility index (Phi) is 6.14. The van der Waals surface area contributed by atoms with Crippen molar-refractivity contribution in [1.29, 1.82) is 0 Å². The Morgan fingerprint density at radius 2 is 2.12 bits per heavy atom. The van der Waals surface area contributed by atoms with Gasteiger partial charge in [-0.05, 0) is 43.9 Å². The third-order valence-corrected chi connectivity index (χ3v) is 4.99. The van der Waals surface area contributed by atoms with Crippen molar-refractivity contribution in [2.75, 3.05) is 6.61 Å². The molecule has 1 fully saturated rings. The van der Waals surface area contributed by atoms with Crippen molar-refractivity contribution in [3.05, 3.63) is 41.9 Å². The van der Waals surface area contributed by atoms with Gasteiger partial charge in [-0.15, -0.1) is 0 Å². The van der Waals surface area contributed by atoms with Gasteiger partial charge in [0.25, 0.3) is 0 Å². The van der Waals surface area contributed by atoms with Gasteiger partial charge in [0, 0.05) is 13.0 Å². The van der Waals surface area contributed by atoms with Crippen LogP contribution in [0.25, 0.3) is 0 Å². The van der Waals surface area contributed by atoms with E-state index in [2.05, 4.69) is 6.92 Å². The lowest BCUT2D eigenvalue weighted by molar-refractivity contribution is -0.133. The van der Waals surface area contributed by atoms with Crippen LogP contribution >= 0.6 is 0 Å². The summed E-state index contributed by atoms with van der Waals surface area (Å²) in [7, 11) is 0. The summed E-state index contributed by atoms with van der Waals surface area (Å²) in [4.78, 5) is 12.7. The zero-order valence-electron chi connectivity index (χ0n) is 15.2. The molecule has 25 heavy (non-hydrogen) atoms. The summed E-state index contributed by atoms with van der Waals surface area (Å²) in [6.07, 6.45) is 7.63. The fourth-order valence-electron chi connectivity index (χ4n) is 3.57. The largest absolute Gasteiger partial charge is 0.493 e. The predicted molar refractivity (Wildman–Crippen MR) is 96.4 cm³/mol. The van der Waals surface area contributed by atoms with Gasteiger partial charge in [-0.1, -0.05) is 31.9 Å². The summed E-state index contributed by atoms with van der Waals surface area (Å²) in [6.45, 7) is 5.00. The number of ether oxygens (including phenoxy) is 3. The number of allylic oxidation sites excluding steroid dienone is 1. The Morgan fingerprint density at radius 3 is 2.92 bits per heavy atom. The second kappa shape index (κ2) is 8.52. The first-order valence-corrected chi connectivity index (χ1v) is 9.43. The lowest BCUT2D eigenvalue weighted by Crippen LogP contribution is -2.42. The van der Waals surface area contributed by atoms with E-state index in [0.29, 0.717) is 11.5 Å². The minimum absolute atomic E-state index is 0.0576. The number of benzene rings is 1. The molecule has 3 unspecified atom stereocenters. The number of hydrogen-bond donors (Lipinski definition) is 0. The van der Waals surface area contributed by atoms with Gasteiger partial charge in [0.05, 0.1) is 12.0 Å². The molecule has 0 bridgehead atoms. The van der Waals surface area contributed by atoms with E-state index in [1.165, 1.54) is 19.1 Å². The Balaban J connectivity index is 1.56. The molecule has 0 saturated heterocycles. The summed E-state index contributed by atoms with van der Waals surface area (Å²) < 4.78 is 17.6. The number of carbonyl (C=O) groups is 1. The van der Waals surface area contributed by atoms with Crippen molar-refractivity contribution in [2.45, 2.75) is 64.6 Å². The number of hydrogen-bond acceptors (Lipinski definition) is 4. The highest BCUT2D eigenvalue weighted by Gasteiger charge is 2.41. The number of aryl methyl sites for hydroxylation is 1. The molecule has 0 amide bonds. The van der Waals surface area contributed by atoms with Gasteiger partial charge in [-0.2, -0.15) is 0 Å². The molecule has 3 atom stereocenters. The molecular weight excluding hydrogens is 316 g/mol. The molecule has 4 nitrogen and oxygen atoms in total. The standard InChI is InChI=1S/C21H28O4/c1-3-4-5-11-23-16-9-10-18-19(13-16)24-14-20(21(18)22)25-17-8-6-7-15(2)12-17/h6-8,12,14,16,18-19H,3-5,9-11,13H2,1-2H3. The first-order chi connectivity index (χ1) is 12.2. The van der Waals surface area contributed by atoms with Gasteiger partial charge >= 0.3 is 0 Å². The van der Waals surface area contributed by atoms with Crippen LogP contribution in [0.15, 0.2) is 36.3 Å². The Labute approximate surface area is 150 Å². The van der Waals surface area contributed by atoms with E-state index in [1.807, 2.05) is 31.2 Å². The molecule has 1 aromatic rings. The maximum atomic E-state index is 12.7. The molecule has 0 N–H and O–H groups in total. The van der Waals surface area contributed by atoms with Crippen molar-refractivity contribution in [3.63, 3.8) is 0 Å². The lowest BCUT2D eigenvalue weighted by atomic mass is 9.80. The van der Waals surface area contributed by atoms with Gasteiger partial charge in [-0.3, -0.25) is 4.79 Å². The van der Waals surface area contributed by atoms with Gasteiger partial charge in [0.2, 0.25) is 11.5 Å². The quantitative estimate of drug-likeness (QED) is 0.680. The molecule has 3 rings (SSSR count). The SMILES string of the molecule is CCCCCOC1CCC2C(=O)C(Oc3cccc(C)c3)=COC2C1. The molecule has 1 aliphatic carbocycles. The van der Waals surface area contributed by atoms with Crippen LogP contribution in [-0.4, -0.2) is 24.6 Å². The van der Waals surface area contributed by atoms with Crippen LogP contribution in [0.2, 0.25) is 0 Å². The zero-order valence-corrected chi connectivity index (χ0v) is 15.2. The fraction of sp³-hybridized carbons (Fsp3) is 0.571. The number of rotatable bonds is 7. The summed E-state index contributed by atoms with van der Waals surface area (Å²) in [6, 6.07) is 7.69. The van der Waals surface area contributed by atoms with E-state index in [-0.39, 0.29) is 23.9 Å². The normalized spacial score (nSPS) is 25.8. The second-order valence-electron chi connectivity index (χ2n) is 7.06. The highest BCUT2D eigenvalue weighted by molar-refractivity contribution is 5.96. The minimum Gasteiger partial charge on any atom is -0.493 e. The van der Waals surface area contributed by atoms with E-state index < -0.39 is 0 Å². The molecule has 2 aliphatic rings. The van der Waals surface area contributed by atoms with E-state index in [9.17, 15) is 4.79 Å². The molecule has 0 aromatic heterocycles. The number of unbranched alkanes of at least 4 members (excludes halogenated alkanes) is 2. The molecule has 1 saturated carbocycles. The first-order valence-electron chi connectivity index (χ1n) is 9.43. The second-order valence-corrected chi connectivity index (χ2v) is 7.06. The third kappa shape index (κ3) is 4.63. The molecule has 1 aromatic carbocycles. The Hall–Kier alpha value is -1.81. The van der Waals surface area contributed by atoms with Crippen molar-refractivity contribution in [3.8, 4) is 5.75 Å². The van der Waals surface area contributed by atoms with Crippen LogP contribution in [-0.2, 0) is 14.3 Å². The molecule has 136 valence electrons. The summed E-state index contributed by atoms with van der Waals surface area (Å²) in [5.41, 5.74) is 1.10. The number of ketones is 1. The Morgan fingerprint density at radius 1 is 1.24 bits per heavy atom. The van der Waals surface area contributed by atoms with Crippen molar-refractivity contribution >= 4 is 5.78 Å². The minimum atomic E-state index is -0.111. The number of Topliss-reactive ketones (excluding diaryl/α,β-unsaturated/α-hetero) is 1. The summed E-state index contributed by atoms with van der Waals surface area (Å²) in [5, 5.41) is 0. The van der Waals surface area contributed by atoms with Crippen LogP contribution in [0.3, 0.4) is 0 Å². The van der Waals surface area contributed by atoms with Crippen LogP contribution in [0.5, 0.6) is 5.75 Å². The maximum absolute atomic E-state index is 12.7. The molecule has 0 radical (unpaired) electrons. The predicted octanol–water partition coefficient (Wildman–Crippen LogP) is 4.56. The molecule has 4 heteroatoms. The highest BCUT2D eigenvalue weighted by atomic mass is 16.5. The first kappa shape index (κ1) is 18.0. The van der Waals surface area contributed by atoms with Crippen molar-refractivity contribution in [2.24, 2.45) is 5.92 Å². The summed E-state index contributed by atoms with van der Waals surface area (Å²) >= 11 is 0. The maximum Gasteiger partial charge on any atom is 0.207 e. The number of carbonyl (C=O) groups excluding carboxylic acids is 1. The fourth-order valence-corrected chi connectivity index (χ4v) is 3.57. The molecule has 1 heterocycles. The smallest absolute Gasteiger partial charge is 0.207 e. The van der Waals surface area contributed by atoms with E-state index in [0.717, 1.165) is 37.9 Å².